The van der Waals surface area contributed by atoms with Gasteiger partial charge in [0.1, 0.15) is 17.7 Å². The molecule has 1 saturated heterocycles. The van der Waals surface area contributed by atoms with Gasteiger partial charge in [-0.15, -0.1) is 5.10 Å². The van der Waals surface area contributed by atoms with Gasteiger partial charge in [-0.05, 0) is 47.9 Å². The van der Waals surface area contributed by atoms with Crippen LogP contribution in [0.5, 0.6) is 0 Å². The lowest BCUT2D eigenvalue weighted by molar-refractivity contribution is -0.188. The average Bonchev–Trinajstić information content (AvgIpc) is 3.06. The molecule has 0 unspecified atom stereocenters. The Kier molecular flexibility index (Phi) is 5.43. The van der Waals surface area contributed by atoms with Crippen LogP contribution in [0.3, 0.4) is 0 Å². The van der Waals surface area contributed by atoms with Gasteiger partial charge in [-0.3, -0.25) is 4.79 Å². The van der Waals surface area contributed by atoms with Crippen LogP contribution in [0.15, 0.2) is 24.3 Å². The van der Waals surface area contributed by atoms with E-state index >= 15 is 0 Å². The zero-order chi connectivity index (χ0) is 19.6. The van der Waals surface area contributed by atoms with Crippen LogP contribution in [0.4, 0.5) is 17.6 Å². The van der Waals surface area contributed by atoms with E-state index in [-0.39, 0.29) is 32.4 Å². The Bertz CT molecular complexity index is 789. The minimum absolute atomic E-state index is 0.0137. The quantitative estimate of drug-likeness (QED) is 0.760. The molecular formula is C17H19F4N5O. The second-order valence-electron chi connectivity index (χ2n) is 6.68. The summed E-state index contributed by atoms with van der Waals surface area (Å²) in [5, 5.41) is 11.1. The Balaban J connectivity index is 1.85. The predicted molar refractivity (Wildman–Crippen MR) is 87.1 cm³/mol. The second-order valence-corrected chi connectivity index (χ2v) is 6.68. The summed E-state index contributed by atoms with van der Waals surface area (Å²) in [6.07, 6.45) is -3.89. The first kappa shape index (κ1) is 19.2. The highest BCUT2D eigenvalue weighted by molar-refractivity contribution is 5.81. The first-order valence-electron chi connectivity index (χ1n) is 8.60. The zero-order valence-corrected chi connectivity index (χ0v) is 14.7. The van der Waals surface area contributed by atoms with Gasteiger partial charge < -0.3 is 4.90 Å². The van der Waals surface area contributed by atoms with Crippen LogP contribution in [0, 0.1) is 18.7 Å². The van der Waals surface area contributed by atoms with Crippen LogP contribution in [0.1, 0.15) is 30.3 Å². The van der Waals surface area contributed by atoms with E-state index in [1.165, 1.54) is 33.8 Å². The molecule has 1 aromatic carbocycles. The number of likely N-dealkylation sites (tertiary alicyclic amines) is 1. The Hall–Kier alpha value is -2.52. The van der Waals surface area contributed by atoms with Crippen molar-refractivity contribution >= 4 is 5.91 Å². The van der Waals surface area contributed by atoms with E-state index < -0.39 is 29.9 Å². The van der Waals surface area contributed by atoms with Crippen molar-refractivity contribution in [3.63, 3.8) is 0 Å². The number of hydrogen-bond acceptors (Lipinski definition) is 4. The van der Waals surface area contributed by atoms with Crippen LogP contribution in [-0.2, 0) is 11.2 Å². The number of aryl methyl sites for hydroxylation is 1. The molecule has 1 fully saturated rings. The molecule has 0 radical (unpaired) electrons. The molecule has 2 heterocycles. The molecule has 146 valence electrons. The third kappa shape index (κ3) is 4.42. The van der Waals surface area contributed by atoms with Crippen molar-refractivity contribution in [1.82, 2.24) is 25.1 Å². The first-order valence-corrected chi connectivity index (χ1v) is 8.60. The number of benzene rings is 1. The molecular weight excluding hydrogens is 366 g/mol. The van der Waals surface area contributed by atoms with Crippen LogP contribution in [-0.4, -0.2) is 50.3 Å². The maximum Gasteiger partial charge on any atom is 0.393 e. The molecule has 1 aliphatic heterocycles. The molecule has 3 rings (SSSR count). The summed E-state index contributed by atoms with van der Waals surface area (Å²) < 4.78 is 53.7. The van der Waals surface area contributed by atoms with Gasteiger partial charge in [0, 0.05) is 19.5 Å². The summed E-state index contributed by atoms with van der Waals surface area (Å²) in [4.78, 5) is 14.3. The van der Waals surface area contributed by atoms with Crippen molar-refractivity contribution < 1.29 is 22.4 Å². The minimum Gasteiger partial charge on any atom is -0.340 e. The number of amides is 1. The lowest BCUT2D eigenvalue weighted by Crippen LogP contribution is -2.47. The molecule has 0 aliphatic carbocycles. The van der Waals surface area contributed by atoms with Gasteiger partial charge in [0.25, 0.3) is 0 Å². The molecule has 0 spiro atoms. The van der Waals surface area contributed by atoms with E-state index in [1.807, 2.05) is 0 Å². The van der Waals surface area contributed by atoms with Gasteiger partial charge in [0.2, 0.25) is 5.91 Å². The van der Waals surface area contributed by atoms with Gasteiger partial charge in [-0.1, -0.05) is 12.1 Å². The molecule has 1 amide bonds. The van der Waals surface area contributed by atoms with Crippen molar-refractivity contribution in [1.29, 1.82) is 0 Å². The molecule has 1 aliphatic rings. The van der Waals surface area contributed by atoms with Crippen LogP contribution >= 0.6 is 0 Å². The average molecular weight is 385 g/mol. The summed E-state index contributed by atoms with van der Waals surface area (Å²) in [5.41, 5.74) is 0.661. The normalized spacial score (nSPS) is 19.1. The van der Waals surface area contributed by atoms with Crippen molar-refractivity contribution in [2.75, 3.05) is 13.1 Å². The van der Waals surface area contributed by atoms with Gasteiger partial charge in [-0.2, -0.15) is 13.2 Å². The third-order valence-electron chi connectivity index (χ3n) is 4.78. The maximum absolute atomic E-state index is 13.1. The highest BCUT2D eigenvalue weighted by Gasteiger charge is 2.43. The number of nitrogens with zero attached hydrogens (tertiary/aromatic N) is 5. The maximum atomic E-state index is 13.1. The van der Waals surface area contributed by atoms with Gasteiger partial charge in [0.15, 0.2) is 0 Å². The van der Waals surface area contributed by atoms with Crippen LogP contribution in [0.25, 0.3) is 0 Å². The molecule has 10 heteroatoms. The van der Waals surface area contributed by atoms with Crippen LogP contribution < -0.4 is 0 Å². The molecule has 1 aromatic heterocycles. The monoisotopic (exact) mass is 385 g/mol. The van der Waals surface area contributed by atoms with Crippen molar-refractivity contribution in [2.24, 2.45) is 5.92 Å². The van der Waals surface area contributed by atoms with Crippen molar-refractivity contribution in [2.45, 2.75) is 38.4 Å². The summed E-state index contributed by atoms with van der Waals surface area (Å²) in [6, 6.07) is 4.71. The summed E-state index contributed by atoms with van der Waals surface area (Å²) in [7, 11) is 0. The van der Waals surface area contributed by atoms with Gasteiger partial charge in [-0.25, -0.2) is 9.07 Å². The summed E-state index contributed by atoms with van der Waals surface area (Å²) >= 11 is 0. The second kappa shape index (κ2) is 7.61. The molecule has 2 aromatic rings. The van der Waals surface area contributed by atoms with E-state index in [0.717, 1.165) is 0 Å². The number of aromatic nitrogens is 4. The highest BCUT2D eigenvalue weighted by Crippen LogP contribution is 2.34. The number of alkyl halides is 3. The lowest BCUT2D eigenvalue weighted by atomic mass is 9.96. The lowest BCUT2D eigenvalue weighted by Gasteiger charge is -2.35. The smallest absolute Gasteiger partial charge is 0.340 e. The Morgan fingerprint density at radius 2 is 2.00 bits per heavy atom. The Labute approximate surface area is 153 Å². The predicted octanol–water partition coefficient (Wildman–Crippen LogP) is 2.71. The van der Waals surface area contributed by atoms with Crippen molar-refractivity contribution in [3.8, 4) is 0 Å². The van der Waals surface area contributed by atoms with E-state index in [1.54, 1.807) is 6.92 Å². The van der Waals surface area contributed by atoms with Crippen LogP contribution in [0.2, 0.25) is 0 Å². The zero-order valence-electron chi connectivity index (χ0n) is 14.7. The Morgan fingerprint density at radius 1 is 1.30 bits per heavy atom. The largest absolute Gasteiger partial charge is 0.393 e. The van der Waals surface area contributed by atoms with Crippen molar-refractivity contribution in [3.05, 3.63) is 41.5 Å². The number of rotatable bonds is 4. The van der Waals surface area contributed by atoms with Gasteiger partial charge in [0.05, 0.1) is 5.92 Å². The third-order valence-corrected chi connectivity index (χ3v) is 4.78. The standard InChI is InChI=1S/C17H19F4N5O/c1-11-22-23-24-26(11)15(9-12-4-6-14(18)7-5-12)16(27)25-8-2-3-13(10-25)17(19,20)21/h4-7,13,15H,2-3,8-10H2,1H3/t13-,15-/m1/s1. The van der Waals surface area contributed by atoms with Gasteiger partial charge >= 0.3 is 6.18 Å². The molecule has 27 heavy (non-hydrogen) atoms. The highest BCUT2D eigenvalue weighted by atomic mass is 19.4. The number of piperidine rings is 1. The van der Waals surface area contributed by atoms with E-state index in [4.69, 9.17) is 0 Å². The number of carbonyl (C=O) groups excluding carboxylic acids is 1. The number of hydrogen-bond donors (Lipinski definition) is 0. The minimum atomic E-state index is -4.34. The number of halogens is 4. The fraction of sp³-hybridized carbons (Fsp3) is 0.529. The summed E-state index contributed by atoms with van der Waals surface area (Å²) in [6.45, 7) is 1.50. The SMILES string of the molecule is Cc1nnnn1[C@H](Cc1ccc(F)cc1)C(=O)N1CCC[C@@H](C(F)(F)F)C1. The molecule has 0 saturated carbocycles. The number of tetrazole rings is 1. The fourth-order valence-corrected chi connectivity index (χ4v) is 3.30. The molecule has 6 nitrogen and oxygen atoms in total. The Morgan fingerprint density at radius 3 is 2.59 bits per heavy atom. The first-order chi connectivity index (χ1) is 12.8. The summed E-state index contributed by atoms with van der Waals surface area (Å²) in [5.74, 6) is -2.04. The molecule has 0 bridgehead atoms. The topological polar surface area (TPSA) is 63.9 Å². The number of carbonyl (C=O) groups is 1. The molecule has 2 atom stereocenters. The van der Waals surface area contributed by atoms with E-state index in [0.29, 0.717) is 11.4 Å². The van der Waals surface area contributed by atoms with E-state index in [9.17, 15) is 22.4 Å². The fourth-order valence-electron chi connectivity index (χ4n) is 3.30. The van der Waals surface area contributed by atoms with E-state index in [2.05, 4.69) is 15.5 Å². The molecule has 0 N–H and O–H groups in total.